The fourth-order valence-corrected chi connectivity index (χ4v) is 1.76. The molecule has 0 aliphatic rings. The second-order valence-electron chi connectivity index (χ2n) is 4.07. The maximum Gasteiger partial charge on any atom is 0.0764 e. The lowest BCUT2D eigenvalue weighted by Gasteiger charge is -2.29. The largest absolute Gasteiger partial charge is 0.385 e. The minimum absolute atomic E-state index is 0.178. The minimum atomic E-state index is 0.178. The van der Waals surface area contributed by atoms with Crippen LogP contribution >= 0.6 is 0 Å². The Balaban J connectivity index is 4.06. The molecule has 0 heterocycles. The number of rotatable bonds is 9. The van der Waals surface area contributed by atoms with Crippen LogP contribution in [0.3, 0.4) is 0 Å². The van der Waals surface area contributed by atoms with Crippen molar-refractivity contribution in [1.82, 2.24) is 5.43 Å². The van der Waals surface area contributed by atoms with Gasteiger partial charge in [-0.1, -0.05) is 13.8 Å². The molecule has 2 atom stereocenters. The van der Waals surface area contributed by atoms with E-state index in [0.717, 1.165) is 26.1 Å². The van der Waals surface area contributed by atoms with Gasteiger partial charge in [0, 0.05) is 26.4 Å². The van der Waals surface area contributed by atoms with Crippen molar-refractivity contribution in [3.8, 4) is 0 Å². The molecule has 0 aromatic carbocycles. The van der Waals surface area contributed by atoms with Crippen molar-refractivity contribution in [2.24, 2.45) is 11.8 Å². The molecular weight excluding hydrogens is 192 g/mol. The second kappa shape index (κ2) is 9.09. The Hall–Kier alpha value is -0.160. The minimum Gasteiger partial charge on any atom is -0.385 e. The summed E-state index contributed by atoms with van der Waals surface area (Å²) in [4.78, 5) is 0. The average molecular weight is 218 g/mol. The molecule has 0 saturated heterocycles. The van der Waals surface area contributed by atoms with E-state index in [0.29, 0.717) is 5.92 Å². The highest BCUT2D eigenvalue weighted by molar-refractivity contribution is 4.77. The molecule has 0 aliphatic heterocycles. The van der Waals surface area contributed by atoms with E-state index in [1.807, 2.05) is 6.92 Å². The van der Waals surface area contributed by atoms with E-state index in [1.165, 1.54) is 0 Å². The van der Waals surface area contributed by atoms with Gasteiger partial charge in [-0.3, -0.25) is 11.3 Å². The first kappa shape index (κ1) is 14.8. The topological polar surface area (TPSA) is 56.5 Å². The first-order valence-electron chi connectivity index (χ1n) is 5.74. The van der Waals surface area contributed by atoms with Crippen molar-refractivity contribution >= 4 is 0 Å². The van der Waals surface area contributed by atoms with Gasteiger partial charge in [-0.05, 0) is 25.7 Å². The second-order valence-corrected chi connectivity index (χ2v) is 4.07. The molecule has 0 spiro atoms. The molecule has 0 saturated carbocycles. The van der Waals surface area contributed by atoms with Gasteiger partial charge in [0.2, 0.25) is 0 Å². The lowest BCUT2D eigenvalue weighted by atomic mass is 9.96. The molecule has 4 heteroatoms. The maximum absolute atomic E-state index is 5.70. The third-order valence-electron chi connectivity index (χ3n) is 2.49. The molecule has 15 heavy (non-hydrogen) atoms. The van der Waals surface area contributed by atoms with Gasteiger partial charge >= 0.3 is 0 Å². The quantitative estimate of drug-likeness (QED) is 0.348. The molecular formula is C11H26N2O2. The first-order chi connectivity index (χ1) is 7.17. The Labute approximate surface area is 93.5 Å². The lowest BCUT2D eigenvalue weighted by Crippen LogP contribution is -2.47. The van der Waals surface area contributed by atoms with E-state index in [2.05, 4.69) is 19.3 Å². The van der Waals surface area contributed by atoms with Crippen LogP contribution in [0.2, 0.25) is 0 Å². The van der Waals surface area contributed by atoms with Gasteiger partial charge in [-0.2, -0.15) is 0 Å². The molecule has 0 amide bonds. The Morgan fingerprint density at radius 3 is 2.40 bits per heavy atom. The molecule has 0 aliphatic carbocycles. The smallest absolute Gasteiger partial charge is 0.0764 e. The molecule has 0 aromatic heterocycles. The predicted molar refractivity (Wildman–Crippen MR) is 62.5 cm³/mol. The van der Waals surface area contributed by atoms with Crippen molar-refractivity contribution < 1.29 is 9.47 Å². The number of hydrogen-bond donors (Lipinski definition) is 2. The molecule has 0 aromatic rings. The van der Waals surface area contributed by atoms with Crippen molar-refractivity contribution in [1.29, 1.82) is 0 Å². The zero-order valence-corrected chi connectivity index (χ0v) is 10.5. The monoisotopic (exact) mass is 218 g/mol. The summed E-state index contributed by atoms with van der Waals surface area (Å²) in [6, 6.07) is 0.208. The van der Waals surface area contributed by atoms with Gasteiger partial charge in [0.15, 0.2) is 0 Å². The molecule has 4 nitrogen and oxygen atoms in total. The Morgan fingerprint density at radius 2 is 2.00 bits per heavy atom. The Bertz CT molecular complexity index is 143. The molecule has 0 fully saturated rings. The predicted octanol–water partition coefficient (Wildman–Crippen LogP) is 1.31. The summed E-state index contributed by atoms with van der Waals surface area (Å²) in [5.41, 5.74) is 2.85. The van der Waals surface area contributed by atoms with Gasteiger partial charge < -0.3 is 9.47 Å². The number of nitrogens with one attached hydrogen (secondary N) is 1. The number of methoxy groups -OCH3 is 1. The van der Waals surface area contributed by atoms with E-state index < -0.39 is 0 Å². The summed E-state index contributed by atoms with van der Waals surface area (Å²) >= 11 is 0. The van der Waals surface area contributed by atoms with Crippen LogP contribution in [0.15, 0.2) is 0 Å². The first-order valence-corrected chi connectivity index (χ1v) is 5.74. The zero-order chi connectivity index (χ0) is 11.7. The lowest BCUT2D eigenvalue weighted by molar-refractivity contribution is -0.000375. The number of hydrogen-bond acceptors (Lipinski definition) is 4. The van der Waals surface area contributed by atoms with Crippen molar-refractivity contribution in [3.63, 3.8) is 0 Å². The van der Waals surface area contributed by atoms with E-state index >= 15 is 0 Å². The number of nitrogens with two attached hydrogens (primary N) is 1. The zero-order valence-electron chi connectivity index (χ0n) is 10.5. The summed E-state index contributed by atoms with van der Waals surface area (Å²) in [6.07, 6.45) is 2.16. The number of ether oxygens (including phenoxy) is 2. The SMILES string of the molecule is CCOC(C(C)C)C(CCCOC)NN. The van der Waals surface area contributed by atoms with Gasteiger partial charge in [0.05, 0.1) is 6.10 Å². The molecule has 0 rings (SSSR count). The van der Waals surface area contributed by atoms with Crippen LogP contribution in [0.1, 0.15) is 33.6 Å². The van der Waals surface area contributed by atoms with Gasteiger partial charge in [-0.25, -0.2) is 0 Å². The number of hydrazine groups is 1. The van der Waals surface area contributed by atoms with Crippen molar-refractivity contribution in [3.05, 3.63) is 0 Å². The van der Waals surface area contributed by atoms with Crippen LogP contribution in [0, 0.1) is 5.92 Å². The van der Waals surface area contributed by atoms with Crippen molar-refractivity contribution in [2.45, 2.75) is 45.8 Å². The summed E-state index contributed by atoms with van der Waals surface area (Å²) in [7, 11) is 1.72. The molecule has 0 bridgehead atoms. The highest BCUT2D eigenvalue weighted by Gasteiger charge is 2.23. The standard InChI is InChI=1S/C11H26N2O2/c1-5-15-11(9(2)3)10(13-12)7-6-8-14-4/h9-11,13H,5-8,12H2,1-4H3. The fraction of sp³-hybridized carbons (Fsp3) is 1.00. The van der Waals surface area contributed by atoms with Gasteiger partial charge in [-0.15, -0.1) is 0 Å². The fourth-order valence-electron chi connectivity index (χ4n) is 1.76. The van der Waals surface area contributed by atoms with E-state index in [1.54, 1.807) is 7.11 Å². The Kier molecular flexibility index (Phi) is 9.00. The molecule has 2 unspecified atom stereocenters. The summed E-state index contributed by atoms with van der Waals surface area (Å²) < 4.78 is 10.7. The van der Waals surface area contributed by atoms with Crippen LogP contribution < -0.4 is 11.3 Å². The van der Waals surface area contributed by atoms with E-state index in [-0.39, 0.29) is 12.1 Å². The highest BCUT2D eigenvalue weighted by Crippen LogP contribution is 2.14. The normalized spacial score (nSPS) is 15.6. The summed E-state index contributed by atoms with van der Waals surface area (Å²) in [5, 5.41) is 0. The average Bonchev–Trinajstić information content (AvgIpc) is 2.22. The highest BCUT2D eigenvalue weighted by atomic mass is 16.5. The third kappa shape index (κ3) is 6.10. The molecule has 3 N–H and O–H groups in total. The summed E-state index contributed by atoms with van der Waals surface area (Å²) in [6.45, 7) is 7.82. The molecule has 0 radical (unpaired) electrons. The van der Waals surface area contributed by atoms with Crippen molar-refractivity contribution in [2.75, 3.05) is 20.3 Å². The van der Waals surface area contributed by atoms with Crippen LogP contribution in [-0.2, 0) is 9.47 Å². The van der Waals surface area contributed by atoms with Gasteiger partial charge in [0.25, 0.3) is 0 Å². The molecule has 92 valence electrons. The van der Waals surface area contributed by atoms with Crippen LogP contribution in [0.4, 0.5) is 0 Å². The van der Waals surface area contributed by atoms with E-state index in [4.69, 9.17) is 15.3 Å². The summed E-state index contributed by atoms with van der Waals surface area (Å²) in [5.74, 6) is 6.02. The van der Waals surface area contributed by atoms with E-state index in [9.17, 15) is 0 Å². The third-order valence-corrected chi connectivity index (χ3v) is 2.49. The Morgan fingerprint density at radius 1 is 1.33 bits per heavy atom. The van der Waals surface area contributed by atoms with Gasteiger partial charge in [0.1, 0.15) is 0 Å². The van der Waals surface area contributed by atoms with Crippen LogP contribution in [0.25, 0.3) is 0 Å². The maximum atomic E-state index is 5.70. The van der Waals surface area contributed by atoms with Crippen LogP contribution in [-0.4, -0.2) is 32.5 Å². The van der Waals surface area contributed by atoms with Crippen LogP contribution in [0.5, 0.6) is 0 Å².